The van der Waals surface area contributed by atoms with Crippen LogP contribution in [0.1, 0.15) is 83.9 Å². The van der Waals surface area contributed by atoms with Gasteiger partial charge in [0, 0.05) is 31.6 Å². The number of rotatable bonds is 14. The van der Waals surface area contributed by atoms with Gasteiger partial charge in [-0.25, -0.2) is 4.68 Å². The van der Waals surface area contributed by atoms with Gasteiger partial charge >= 0.3 is 0 Å². The van der Waals surface area contributed by atoms with Crippen LogP contribution in [0.2, 0.25) is 0 Å². The van der Waals surface area contributed by atoms with E-state index >= 15 is 0 Å². The number of anilines is 1. The number of hydrogen-bond acceptors (Lipinski definition) is 4. The summed E-state index contributed by atoms with van der Waals surface area (Å²) >= 11 is 0. The lowest BCUT2D eigenvalue weighted by Gasteiger charge is -2.22. The lowest BCUT2D eigenvalue weighted by molar-refractivity contribution is -0.135. The van der Waals surface area contributed by atoms with Crippen molar-refractivity contribution in [2.45, 2.75) is 85.0 Å². The predicted molar refractivity (Wildman–Crippen MR) is 142 cm³/mol. The van der Waals surface area contributed by atoms with Gasteiger partial charge in [-0.05, 0) is 31.0 Å². The third-order valence-electron chi connectivity index (χ3n) is 5.99. The van der Waals surface area contributed by atoms with E-state index in [0.29, 0.717) is 25.4 Å². The van der Waals surface area contributed by atoms with Gasteiger partial charge in [-0.15, -0.1) is 0 Å². The number of carbonyl (C=O) groups is 2. The van der Waals surface area contributed by atoms with E-state index in [4.69, 9.17) is 9.84 Å². The van der Waals surface area contributed by atoms with Crippen LogP contribution in [0.15, 0.2) is 30.3 Å². The summed E-state index contributed by atoms with van der Waals surface area (Å²) in [4.78, 5) is 27.5. The van der Waals surface area contributed by atoms with E-state index < -0.39 is 0 Å². The number of aryl methyl sites for hydroxylation is 1. The Labute approximate surface area is 211 Å². The number of nitrogens with zero attached hydrogens (tertiary/aromatic N) is 3. The van der Waals surface area contributed by atoms with E-state index in [1.165, 1.54) is 19.3 Å². The first-order chi connectivity index (χ1) is 16.7. The molecule has 1 aromatic carbocycles. The van der Waals surface area contributed by atoms with Crippen molar-refractivity contribution in [2.24, 2.45) is 0 Å². The zero-order chi connectivity index (χ0) is 25.8. The van der Waals surface area contributed by atoms with Gasteiger partial charge in [-0.1, -0.05) is 71.9 Å². The van der Waals surface area contributed by atoms with E-state index in [2.05, 4.69) is 33.0 Å². The summed E-state index contributed by atoms with van der Waals surface area (Å²) in [5.74, 6) is 0.350. The van der Waals surface area contributed by atoms with Crippen molar-refractivity contribution in [1.82, 2.24) is 14.7 Å². The minimum Gasteiger partial charge on any atom is -0.383 e. The fraction of sp³-hybridized carbons (Fsp3) is 0.607. The fourth-order valence-corrected chi connectivity index (χ4v) is 3.86. The number of unbranched alkanes of at least 4 members (excludes halogenated alkanes) is 5. The molecule has 2 rings (SSSR count). The number of aromatic nitrogens is 2. The first-order valence-corrected chi connectivity index (χ1v) is 12.9. The topological polar surface area (TPSA) is 76.5 Å². The second-order valence-corrected chi connectivity index (χ2v) is 10.3. The Morgan fingerprint density at radius 2 is 1.80 bits per heavy atom. The molecule has 7 heteroatoms. The molecule has 194 valence electrons. The number of carbonyl (C=O) groups excluding carboxylic acids is 2. The van der Waals surface area contributed by atoms with Gasteiger partial charge < -0.3 is 15.0 Å². The maximum atomic E-state index is 13.1. The zero-order valence-corrected chi connectivity index (χ0v) is 22.5. The number of ether oxygens (including phenoxy) is 1. The van der Waals surface area contributed by atoms with Crippen LogP contribution >= 0.6 is 0 Å². The predicted octanol–water partition coefficient (Wildman–Crippen LogP) is 5.64. The molecule has 0 spiro atoms. The van der Waals surface area contributed by atoms with Gasteiger partial charge in [0.05, 0.1) is 24.5 Å². The number of methoxy groups -OCH3 is 1. The Morgan fingerprint density at radius 1 is 1.09 bits per heavy atom. The first-order valence-electron chi connectivity index (χ1n) is 12.9. The Kier molecular flexibility index (Phi) is 11.4. The summed E-state index contributed by atoms with van der Waals surface area (Å²) in [7, 11) is 1.60. The second kappa shape index (κ2) is 14.0. The van der Waals surface area contributed by atoms with Gasteiger partial charge in [0.25, 0.3) is 0 Å². The van der Waals surface area contributed by atoms with Gasteiger partial charge in [0.15, 0.2) is 0 Å². The highest BCUT2D eigenvalue weighted by Crippen LogP contribution is 2.26. The Hall–Kier alpha value is -2.67. The highest BCUT2D eigenvalue weighted by Gasteiger charge is 2.23. The molecule has 0 bridgehead atoms. The Morgan fingerprint density at radius 3 is 2.46 bits per heavy atom. The van der Waals surface area contributed by atoms with Gasteiger partial charge in [0.2, 0.25) is 11.8 Å². The number of amides is 2. The van der Waals surface area contributed by atoms with Crippen molar-refractivity contribution in [3.8, 4) is 5.69 Å². The summed E-state index contributed by atoms with van der Waals surface area (Å²) in [6, 6.07) is 9.92. The largest absolute Gasteiger partial charge is 0.383 e. The highest BCUT2D eigenvalue weighted by molar-refractivity contribution is 5.94. The molecule has 2 amide bonds. The van der Waals surface area contributed by atoms with Crippen LogP contribution in [-0.4, -0.2) is 53.3 Å². The van der Waals surface area contributed by atoms with Crippen molar-refractivity contribution >= 4 is 17.6 Å². The molecular formula is C28H44N4O3. The maximum Gasteiger partial charge on any atom is 0.245 e. The molecule has 0 aliphatic heterocycles. The van der Waals surface area contributed by atoms with Crippen LogP contribution in [0.25, 0.3) is 5.69 Å². The number of hydrogen-bond donors (Lipinski definition) is 1. The van der Waals surface area contributed by atoms with Crippen molar-refractivity contribution in [2.75, 3.05) is 32.1 Å². The van der Waals surface area contributed by atoms with Crippen molar-refractivity contribution in [1.29, 1.82) is 0 Å². The average molecular weight is 485 g/mol. The summed E-state index contributed by atoms with van der Waals surface area (Å²) in [5, 5.41) is 7.78. The average Bonchev–Trinajstić information content (AvgIpc) is 3.23. The monoisotopic (exact) mass is 484 g/mol. The summed E-state index contributed by atoms with van der Waals surface area (Å²) < 4.78 is 6.95. The van der Waals surface area contributed by atoms with Crippen molar-refractivity contribution in [3.63, 3.8) is 0 Å². The van der Waals surface area contributed by atoms with Crippen LogP contribution in [0.5, 0.6) is 0 Å². The lowest BCUT2D eigenvalue weighted by atomic mass is 9.92. The Bertz CT molecular complexity index is 946. The molecule has 7 nitrogen and oxygen atoms in total. The van der Waals surface area contributed by atoms with Crippen LogP contribution in [0, 0.1) is 6.92 Å². The molecule has 0 unspecified atom stereocenters. The van der Waals surface area contributed by atoms with Crippen LogP contribution in [0.4, 0.5) is 5.82 Å². The zero-order valence-electron chi connectivity index (χ0n) is 22.5. The highest BCUT2D eigenvalue weighted by atomic mass is 16.5. The normalized spacial score (nSPS) is 11.5. The minimum atomic E-state index is -0.244. The van der Waals surface area contributed by atoms with Crippen LogP contribution < -0.4 is 5.32 Å². The number of nitrogens with one attached hydrogen (secondary N) is 1. The Balaban J connectivity index is 2.10. The summed E-state index contributed by atoms with van der Waals surface area (Å²) in [5.41, 5.74) is 2.70. The molecular weight excluding hydrogens is 440 g/mol. The summed E-state index contributed by atoms with van der Waals surface area (Å²) in [6.07, 6.45) is 7.16. The van der Waals surface area contributed by atoms with Gasteiger partial charge in [0.1, 0.15) is 5.82 Å². The van der Waals surface area contributed by atoms with Gasteiger partial charge in [-0.3, -0.25) is 9.59 Å². The third-order valence-corrected chi connectivity index (χ3v) is 5.99. The molecule has 0 fully saturated rings. The molecule has 0 aliphatic rings. The molecule has 2 aromatic rings. The SMILES string of the molecule is CCCCCCCCC(=O)N(CCOC)CC(=O)Nc1cc(C(C)(C)C)nn1-c1cccc(C)c1. The standard InChI is InChI=1S/C28H44N4O3/c1-7-8-9-10-11-12-16-27(34)31(17-18-35-6)21-26(33)29-25-20-24(28(3,4)5)30-32(25)23-15-13-14-22(2)19-23/h13-15,19-20H,7-12,16-18,21H2,1-6H3,(H,29,33). The quantitative estimate of drug-likeness (QED) is 0.352. The van der Waals surface area contributed by atoms with E-state index in [1.807, 2.05) is 37.3 Å². The molecule has 1 heterocycles. The molecule has 0 saturated carbocycles. The van der Waals surface area contributed by atoms with Crippen LogP contribution in [-0.2, 0) is 19.7 Å². The molecule has 1 aromatic heterocycles. The summed E-state index contributed by atoms with van der Waals surface area (Å²) in [6.45, 7) is 11.3. The van der Waals surface area contributed by atoms with E-state index in [9.17, 15) is 9.59 Å². The maximum absolute atomic E-state index is 13.1. The molecule has 0 radical (unpaired) electrons. The number of benzene rings is 1. The molecule has 0 atom stereocenters. The third kappa shape index (κ3) is 9.48. The van der Waals surface area contributed by atoms with E-state index in [0.717, 1.165) is 36.2 Å². The lowest BCUT2D eigenvalue weighted by Crippen LogP contribution is -2.40. The smallest absolute Gasteiger partial charge is 0.245 e. The molecule has 0 saturated heterocycles. The van der Waals surface area contributed by atoms with E-state index in [1.54, 1.807) is 16.7 Å². The first kappa shape index (κ1) is 28.6. The molecule has 1 N–H and O–H groups in total. The van der Waals surface area contributed by atoms with Crippen molar-refractivity contribution < 1.29 is 14.3 Å². The fourth-order valence-electron chi connectivity index (χ4n) is 3.86. The minimum absolute atomic E-state index is 0.00439. The molecule has 35 heavy (non-hydrogen) atoms. The van der Waals surface area contributed by atoms with Gasteiger partial charge in [-0.2, -0.15) is 5.10 Å². The van der Waals surface area contributed by atoms with E-state index in [-0.39, 0.29) is 23.8 Å². The van der Waals surface area contributed by atoms with Crippen molar-refractivity contribution in [3.05, 3.63) is 41.6 Å². The molecule has 0 aliphatic carbocycles. The second-order valence-electron chi connectivity index (χ2n) is 10.3. The van der Waals surface area contributed by atoms with Crippen LogP contribution in [0.3, 0.4) is 0 Å².